The first kappa shape index (κ1) is 13.7. The first-order valence-corrected chi connectivity index (χ1v) is 7.14. The third kappa shape index (κ3) is 3.16. The summed E-state index contributed by atoms with van der Waals surface area (Å²) in [7, 11) is 0. The average Bonchev–Trinajstić information content (AvgIpc) is 2.75. The lowest BCUT2D eigenvalue weighted by Gasteiger charge is -2.06. The number of nitrogens with zero attached hydrogens (tertiary/aromatic N) is 2. The van der Waals surface area contributed by atoms with Gasteiger partial charge in [-0.1, -0.05) is 44.2 Å². The van der Waals surface area contributed by atoms with Gasteiger partial charge in [0.15, 0.2) is 0 Å². The lowest BCUT2D eigenvalue weighted by atomic mass is 10.1. The van der Waals surface area contributed by atoms with Crippen LogP contribution < -0.4 is 5.73 Å². The van der Waals surface area contributed by atoms with Crippen LogP contribution in [0.15, 0.2) is 30.3 Å². The van der Waals surface area contributed by atoms with E-state index < -0.39 is 0 Å². The van der Waals surface area contributed by atoms with Crippen molar-refractivity contribution in [3.8, 4) is 0 Å². The summed E-state index contributed by atoms with van der Waals surface area (Å²) >= 11 is 0. The monoisotopic (exact) mass is 257 g/mol. The van der Waals surface area contributed by atoms with E-state index >= 15 is 0 Å². The van der Waals surface area contributed by atoms with Gasteiger partial charge in [-0.05, 0) is 31.2 Å². The summed E-state index contributed by atoms with van der Waals surface area (Å²) in [5, 5.41) is 4.62. The van der Waals surface area contributed by atoms with E-state index in [9.17, 15) is 0 Å². The molecule has 19 heavy (non-hydrogen) atoms. The van der Waals surface area contributed by atoms with Crippen LogP contribution in [0.4, 0.5) is 5.69 Å². The molecule has 102 valence electrons. The molecule has 0 bridgehead atoms. The van der Waals surface area contributed by atoms with E-state index in [1.54, 1.807) is 0 Å². The fourth-order valence-electron chi connectivity index (χ4n) is 2.46. The van der Waals surface area contributed by atoms with E-state index in [0.29, 0.717) is 0 Å². The summed E-state index contributed by atoms with van der Waals surface area (Å²) in [4.78, 5) is 0. The Bertz CT molecular complexity index is 514. The highest BCUT2D eigenvalue weighted by Crippen LogP contribution is 2.19. The van der Waals surface area contributed by atoms with E-state index in [1.165, 1.54) is 11.3 Å². The molecule has 0 aliphatic carbocycles. The SMILES string of the molecule is CCc1nn(CCCc2ccccc2)c(CC)c1N. The number of aromatic nitrogens is 2. The molecule has 0 radical (unpaired) electrons. The Labute approximate surface area is 115 Å². The van der Waals surface area contributed by atoms with Crippen LogP contribution in [-0.4, -0.2) is 9.78 Å². The minimum atomic E-state index is 0.893. The maximum Gasteiger partial charge on any atom is 0.0854 e. The third-order valence-electron chi connectivity index (χ3n) is 3.52. The van der Waals surface area contributed by atoms with Gasteiger partial charge >= 0.3 is 0 Å². The summed E-state index contributed by atoms with van der Waals surface area (Å²) in [6.07, 6.45) is 4.04. The summed E-state index contributed by atoms with van der Waals surface area (Å²) in [6.45, 7) is 5.19. The van der Waals surface area contributed by atoms with Crippen LogP contribution >= 0.6 is 0 Å². The Morgan fingerprint density at radius 1 is 1.11 bits per heavy atom. The van der Waals surface area contributed by atoms with Crippen LogP contribution in [0.25, 0.3) is 0 Å². The van der Waals surface area contributed by atoms with Crippen LogP contribution in [0.5, 0.6) is 0 Å². The summed E-state index contributed by atoms with van der Waals surface area (Å²) < 4.78 is 2.09. The first-order chi connectivity index (χ1) is 9.26. The van der Waals surface area contributed by atoms with Crippen molar-refractivity contribution in [1.82, 2.24) is 9.78 Å². The zero-order valence-electron chi connectivity index (χ0n) is 11.9. The molecule has 0 aliphatic rings. The number of nitrogens with two attached hydrogens (primary N) is 1. The number of nitrogen functional groups attached to an aromatic ring is 1. The van der Waals surface area contributed by atoms with E-state index in [1.807, 2.05) is 0 Å². The van der Waals surface area contributed by atoms with E-state index in [2.05, 4.69) is 54.0 Å². The molecule has 1 aromatic carbocycles. The molecule has 0 aliphatic heterocycles. The molecule has 0 amide bonds. The van der Waals surface area contributed by atoms with Crippen molar-refractivity contribution in [1.29, 1.82) is 0 Å². The molecule has 0 saturated carbocycles. The third-order valence-corrected chi connectivity index (χ3v) is 3.52. The fraction of sp³-hybridized carbons (Fsp3) is 0.438. The van der Waals surface area contributed by atoms with Crippen molar-refractivity contribution in [2.24, 2.45) is 0 Å². The molecular weight excluding hydrogens is 234 g/mol. The smallest absolute Gasteiger partial charge is 0.0854 e. The van der Waals surface area contributed by atoms with Gasteiger partial charge in [-0.2, -0.15) is 5.10 Å². The zero-order chi connectivity index (χ0) is 13.7. The van der Waals surface area contributed by atoms with E-state index in [0.717, 1.165) is 43.6 Å². The number of hydrogen-bond donors (Lipinski definition) is 1. The average molecular weight is 257 g/mol. The molecule has 3 nitrogen and oxygen atoms in total. The minimum Gasteiger partial charge on any atom is -0.396 e. The predicted octanol–water partition coefficient (Wildman–Crippen LogP) is 3.22. The Morgan fingerprint density at radius 2 is 1.84 bits per heavy atom. The number of aryl methyl sites for hydroxylation is 3. The molecule has 0 fully saturated rings. The molecular formula is C16H23N3. The van der Waals surface area contributed by atoms with Gasteiger partial charge in [-0.25, -0.2) is 0 Å². The maximum atomic E-state index is 6.12. The Kier molecular flexibility index (Phi) is 4.61. The van der Waals surface area contributed by atoms with Crippen LogP contribution in [0.3, 0.4) is 0 Å². The van der Waals surface area contributed by atoms with E-state index in [-0.39, 0.29) is 0 Å². The highest BCUT2D eigenvalue weighted by Gasteiger charge is 2.11. The number of hydrogen-bond acceptors (Lipinski definition) is 2. The molecule has 2 N–H and O–H groups in total. The van der Waals surface area contributed by atoms with Crippen molar-refractivity contribution >= 4 is 5.69 Å². The van der Waals surface area contributed by atoms with Gasteiger partial charge in [-0.3, -0.25) is 4.68 Å². The van der Waals surface area contributed by atoms with Crippen molar-refractivity contribution in [2.75, 3.05) is 5.73 Å². The molecule has 0 saturated heterocycles. The number of rotatable bonds is 6. The molecule has 0 spiro atoms. The highest BCUT2D eigenvalue weighted by atomic mass is 15.3. The first-order valence-electron chi connectivity index (χ1n) is 7.14. The standard InChI is InChI=1S/C16H23N3/c1-3-14-16(17)15(4-2)19(18-14)12-8-11-13-9-6-5-7-10-13/h5-7,9-10H,3-4,8,11-12,17H2,1-2H3. The molecule has 0 unspecified atom stereocenters. The van der Waals surface area contributed by atoms with Crippen LogP contribution in [-0.2, 0) is 25.8 Å². The van der Waals surface area contributed by atoms with Gasteiger partial charge in [-0.15, -0.1) is 0 Å². The quantitative estimate of drug-likeness (QED) is 0.863. The van der Waals surface area contributed by atoms with E-state index in [4.69, 9.17) is 5.73 Å². The van der Waals surface area contributed by atoms with Crippen molar-refractivity contribution < 1.29 is 0 Å². The number of benzene rings is 1. The molecule has 2 rings (SSSR count). The normalized spacial score (nSPS) is 10.8. The number of anilines is 1. The largest absolute Gasteiger partial charge is 0.396 e. The van der Waals surface area contributed by atoms with Crippen LogP contribution in [0.1, 0.15) is 37.2 Å². The molecule has 1 heterocycles. The van der Waals surface area contributed by atoms with Gasteiger partial charge in [0.2, 0.25) is 0 Å². The second-order valence-corrected chi connectivity index (χ2v) is 4.83. The van der Waals surface area contributed by atoms with Crippen molar-refractivity contribution in [3.63, 3.8) is 0 Å². The van der Waals surface area contributed by atoms with Gasteiger partial charge < -0.3 is 5.73 Å². The zero-order valence-corrected chi connectivity index (χ0v) is 11.9. The Balaban J connectivity index is 1.99. The highest BCUT2D eigenvalue weighted by molar-refractivity contribution is 5.48. The van der Waals surface area contributed by atoms with Crippen LogP contribution in [0, 0.1) is 0 Å². The predicted molar refractivity (Wildman–Crippen MR) is 80.2 cm³/mol. The van der Waals surface area contributed by atoms with Crippen molar-refractivity contribution in [3.05, 3.63) is 47.3 Å². The second-order valence-electron chi connectivity index (χ2n) is 4.83. The molecule has 0 atom stereocenters. The topological polar surface area (TPSA) is 43.8 Å². The fourth-order valence-corrected chi connectivity index (χ4v) is 2.46. The minimum absolute atomic E-state index is 0.893. The van der Waals surface area contributed by atoms with Gasteiger partial charge in [0.1, 0.15) is 0 Å². The summed E-state index contributed by atoms with van der Waals surface area (Å²) in [5.41, 5.74) is 10.6. The van der Waals surface area contributed by atoms with Gasteiger partial charge in [0.25, 0.3) is 0 Å². The van der Waals surface area contributed by atoms with Gasteiger partial charge in [0, 0.05) is 6.54 Å². The maximum absolute atomic E-state index is 6.12. The Hall–Kier alpha value is -1.77. The lowest BCUT2D eigenvalue weighted by molar-refractivity contribution is 0.552. The summed E-state index contributed by atoms with van der Waals surface area (Å²) in [6, 6.07) is 10.6. The molecule has 1 aromatic heterocycles. The van der Waals surface area contributed by atoms with Crippen molar-refractivity contribution in [2.45, 2.75) is 46.1 Å². The molecule has 3 heteroatoms. The second kappa shape index (κ2) is 6.41. The Morgan fingerprint density at radius 3 is 2.47 bits per heavy atom. The molecule has 2 aromatic rings. The van der Waals surface area contributed by atoms with Gasteiger partial charge in [0.05, 0.1) is 17.1 Å². The lowest BCUT2D eigenvalue weighted by Crippen LogP contribution is -2.06. The summed E-state index contributed by atoms with van der Waals surface area (Å²) in [5.74, 6) is 0. The van der Waals surface area contributed by atoms with Crippen LogP contribution in [0.2, 0.25) is 0 Å².